The van der Waals surface area contributed by atoms with Crippen LogP contribution in [-0.4, -0.2) is 28.3 Å². The molecule has 0 spiro atoms. The van der Waals surface area contributed by atoms with Crippen molar-refractivity contribution in [1.82, 2.24) is 4.90 Å². The average Bonchev–Trinajstić information content (AvgIpc) is 3.06. The largest absolute Gasteiger partial charge is 0.490 e. The van der Waals surface area contributed by atoms with E-state index in [1.54, 1.807) is 11.0 Å². The summed E-state index contributed by atoms with van der Waals surface area (Å²) in [6, 6.07) is 24.7. The van der Waals surface area contributed by atoms with Gasteiger partial charge in [-0.1, -0.05) is 90.2 Å². The fourth-order valence-corrected chi connectivity index (χ4v) is 4.57. The highest BCUT2D eigenvalue weighted by molar-refractivity contribution is 8.26. The van der Waals surface area contributed by atoms with Gasteiger partial charge < -0.3 is 9.47 Å². The lowest BCUT2D eigenvalue weighted by Crippen LogP contribution is -2.27. The molecule has 162 valence electrons. The van der Waals surface area contributed by atoms with Gasteiger partial charge in [-0.2, -0.15) is 0 Å². The molecule has 1 aliphatic rings. The van der Waals surface area contributed by atoms with Gasteiger partial charge in [-0.05, 0) is 41.5 Å². The molecule has 0 N–H and O–H groups in total. The molecule has 3 aromatic rings. The molecule has 3 aromatic carbocycles. The van der Waals surface area contributed by atoms with Gasteiger partial charge in [0.15, 0.2) is 0 Å². The summed E-state index contributed by atoms with van der Waals surface area (Å²) >= 11 is 12.8. The van der Waals surface area contributed by atoms with E-state index in [1.165, 1.54) is 11.8 Å². The number of nitrogens with zero attached hydrogens (tertiary/aromatic N) is 1. The van der Waals surface area contributed by atoms with Crippen molar-refractivity contribution in [2.75, 3.05) is 13.2 Å². The zero-order chi connectivity index (χ0) is 22.3. The van der Waals surface area contributed by atoms with Crippen LogP contribution in [-0.2, 0) is 11.3 Å². The van der Waals surface area contributed by atoms with Gasteiger partial charge in [0.25, 0.3) is 5.91 Å². The van der Waals surface area contributed by atoms with Gasteiger partial charge >= 0.3 is 0 Å². The molecule has 32 heavy (non-hydrogen) atoms. The van der Waals surface area contributed by atoms with Crippen LogP contribution in [0.15, 0.2) is 83.8 Å². The van der Waals surface area contributed by atoms with Crippen molar-refractivity contribution in [3.8, 4) is 11.5 Å². The molecule has 1 amide bonds. The first-order valence-electron chi connectivity index (χ1n) is 9.99. The predicted octanol–water partition coefficient (Wildman–Crippen LogP) is 6.20. The summed E-state index contributed by atoms with van der Waals surface area (Å²) in [5, 5.41) is 0.569. The molecule has 1 heterocycles. The fourth-order valence-electron chi connectivity index (χ4n) is 3.12. The highest BCUT2D eigenvalue weighted by Gasteiger charge is 2.31. The molecule has 4 rings (SSSR count). The van der Waals surface area contributed by atoms with E-state index in [1.807, 2.05) is 78.9 Å². The first-order valence-corrected chi connectivity index (χ1v) is 11.6. The third-order valence-corrected chi connectivity index (χ3v) is 6.35. The number of ether oxygens (including phenoxy) is 2. The number of rotatable bonds is 8. The summed E-state index contributed by atoms with van der Waals surface area (Å²) in [6.07, 6.45) is 1.84. The Hall–Kier alpha value is -2.80. The topological polar surface area (TPSA) is 38.8 Å². The number of carbonyl (C=O) groups excluding carboxylic acids is 1. The molecule has 0 radical (unpaired) electrons. The van der Waals surface area contributed by atoms with Gasteiger partial charge in [0.05, 0.1) is 16.5 Å². The van der Waals surface area contributed by atoms with E-state index in [0.29, 0.717) is 45.5 Å². The lowest BCUT2D eigenvalue weighted by Gasteiger charge is -2.14. The highest BCUT2D eigenvalue weighted by Crippen LogP contribution is 2.34. The third-order valence-electron chi connectivity index (χ3n) is 4.66. The quantitative estimate of drug-likeness (QED) is 0.217. The molecule has 0 bridgehead atoms. The van der Waals surface area contributed by atoms with Crippen LogP contribution in [0.3, 0.4) is 0 Å². The minimum Gasteiger partial charge on any atom is -0.490 e. The Morgan fingerprint density at radius 1 is 0.938 bits per heavy atom. The number of amides is 1. The zero-order valence-corrected chi connectivity index (χ0v) is 19.5. The first-order chi connectivity index (χ1) is 15.6. The smallest absolute Gasteiger partial charge is 0.266 e. The molecular formula is C25H20ClNO3S2. The number of thioether (sulfide) groups is 1. The van der Waals surface area contributed by atoms with Gasteiger partial charge in [-0.3, -0.25) is 9.69 Å². The lowest BCUT2D eigenvalue weighted by molar-refractivity contribution is -0.122. The van der Waals surface area contributed by atoms with Crippen LogP contribution >= 0.6 is 35.6 Å². The van der Waals surface area contributed by atoms with Gasteiger partial charge in [0.1, 0.15) is 29.0 Å². The van der Waals surface area contributed by atoms with Crippen molar-refractivity contribution in [2.24, 2.45) is 0 Å². The van der Waals surface area contributed by atoms with Crippen LogP contribution in [0.5, 0.6) is 11.5 Å². The summed E-state index contributed by atoms with van der Waals surface area (Å²) in [5.41, 5.74) is 1.91. The normalized spacial score (nSPS) is 14.8. The summed E-state index contributed by atoms with van der Waals surface area (Å²) in [5.74, 6) is 1.24. The summed E-state index contributed by atoms with van der Waals surface area (Å²) in [4.78, 5) is 15.1. The molecule has 1 aliphatic heterocycles. The Balaban J connectivity index is 1.36. The van der Waals surface area contributed by atoms with Gasteiger partial charge in [-0.15, -0.1) is 0 Å². The summed E-state index contributed by atoms with van der Waals surface area (Å²) in [7, 11) is 0. The first kappa shape index (κ1) is 22.4. The maximum Gasteiger partial charge on any atom is 0.266 e. The van der Waals surface area contributed by atoms with Crippen LogP contribution < -0.4 is 9.47 Å². The molecule has 7 heteroatoms. The molecule has 0 aliphatic carbocycles. The number of carbonyl (C=O) groups is 1. The van der Waals surface area contributed by atoms with E-state index in [4.69, 9.17) is 33.3 Å². The second-order valence-electron chi connectivity index (χ2n) is 6.95. The van der Waals surface area contributed by atoms with E-state index in [0.717, 1.165) is 11.1 Å². The Morgan fingerprint density at radius 2 is 1.69 bits per heavy atom. The molecule has 1 fully saturated rings. The molecule has 0 aromatic heterocycles. The molecule has 4 nitrogen and oxygen atoms in total. The number of para-hydroxylation sites is 1. The number of halogens is 1. The van der Waals surface area contributed by atoms with E-state index in [-0.39, 0.29) is 5.91 Å². The number of thiocarbonyl (C=S) groups is 1. The van der Waals surface area contributed by atoms with Crippen molar-refractivity contribution < 1.29 is 14.3 Å². The van der Waals surface area contributed by atoms with Gasteiger partial charge in [0, 0.05) is 0 Å². The zero-order valence-electron chi connectivity index (χ0n) is 17.1. The van der Waals surface area contributed by atoms with E-state index >= 15 is 0 Å². The van der Waals surface area contributed by atoms with Crippen molar-refractivity contribution >= 4 is 51.9 Å². The number of hydrogen-bond donors (Lipinski definition) is 0. The van der Waals surface area contributed by atoms with Crippen molar-refractivity contribution in [3.05, 3.63) is 99.9 Å². The average molecular weight is 482 g/mol. The monoisotopic (exact) mass is 481 g/mol. The van der Waals surface area contributed by atoms with Crippen LogP contribution in [0, 0.1) is 0 Å². The van der Waals surface area contributed by atoms with Crippen LogP contribution in [0.25, 0.3) is 6.08 Å². The Bertz CT molecular complexity index is 1150. The van der Waals surface area contributed by atoms with Crippen LogP contribution in [0.4, 0.5) is 0 Å². The van der Waals surface area contributed by atoms with Crippen LogP contribution in [0.2, 0.25) is 5.02 Å². The maximum atomic E-state index is 12.9. The van der Waals surface area contributed by atoms with Gasteiger partial charge in [0.2, 0.25) is 0 Å². The second kappa shape index (κ2) is 10.7. The van der Waals surface area contributed by atoms with Crippen molar-refractivity contribution in [1.29, 1.82) is 0 Å². The number of benzene rings is 3. The third kappa shape index (κ3) is 5.71. The lowest BCUT2D eigenvalue weighted by atomic mass is 10.2. The SMILES string of the molecule is O=C1C(=Cc2cccc(OCCOc3ccccc3Cl)c2)SC(=S)N1Cc1ccccc1. The summed E-state index contributed by atoms with van der Waals surface area (Å²) < 4.78 is 12.0. The van der Waals surface area contributed by atoms with Crippen molar-refractivity contribution in [3.63, 3.8) is 0 Å². The second-order valence-corrected chi connectivity index (χ2v) is 9.04. The molecule has 0 unspecified atom stereocenters. The minimum atomic E-state index is -0.0803. The molecule has 1 saturated heterocycles. The van der Waals surface area contributed by atoms with Crippen LogP contribution in [0.1, 0.15) is 11.1 Å². The highest BCUT2D eigenvalue weighted by atomic mass is 35.5. The molecule has 0 atom stereocenters. The van der Waals surface area contributed by atoms with E-state index in [2.05, 4.69) is 0 Å². The minimum absolute atomic E-state index is 0.0803. The number of hydrogen-bond acceptors (Lipinski definition) is 5. The maximum absolute atomic E-state index is 12.9. The predicted molar refractivity (Wildman–Crippen MR) is 134 cm³/mol. The van der Waals surface area contributed by atoms with Crippen molar-refractivity contribution in [2.45, 2.75) is 6.54 Å². The Morgan fingerprint density at radius 3 is 2.50 bits per heavy atom. The fraction of sp³-hybridized carbons (Fsp3) is 0.120. The van der Waals surface area contributed by atoms with E-state index < -0.39 is 0 Å². The summed E-state index contributed by atoms with van der Waals surface area (Å²) in [6.45, 7) is 1.21. The molecule has 0 saturated carbocycles. The molecular weight excluding hydrogens is 462 g/mol. The van der Waals surface area contributed by atoms with E-state index in [9.17, 15) is 4.79 Å². The van der Waals surface area contributed by atoms with Gasteiger partial charge in [-0.25, -0.2) is 0 Å². The Kier molecular flexibility index (Phi) is 7.47. The Labute approximate surface area is 201 Å². The standard InChI is InChI=1S/C25H20ClNO3S2/c26-21-11-4-5-12-22(21)30-14-13-29-20-10-6-9-19(15-20)16-23-24(28)27(25(31)32-23)17-18-7-2-1-3-8-18/h1-12,15-16H,13-14,17H2.